The van der Waals surface area contributed by atoms with Crippen molar-refractivity contribution in [2.75, 3.05) is 13.3 Å². The molecule has 0 saturated carbocycles. The summed E-state index contributed by atoms with van der Waals surface area (Å²) in [4.78, 5) is 0. The Kier molecular flexibility index (Phi) is 6.08. The van der Waals surface area contributed by atoms with Gasteiger partial charge in [-0.05, 0) is 19.6 Å². The summed E-state index contributed by atoms with van der Waals surface area (Å²) in [6.07, 6.45) is 0.369. The molecule has 0 spiro atoms. The Labute approximate surface area is 87.8 Å². The number of ether oxygens (including phenoxy) is 1. The van der Waals surface area contributed by atoms with Crippen molar-refractivity contribution in [2.24, 2.45) is 0 Å². The second-order valence-electron chi connectivity index (χ2n) is 2.64. The standard InChI is InChI=1S/C6H14O4P2S/c1-12-9-4-2-6(10-13)7-3-5(4)8-11/h4-6,12-13H,2-3,11H2,1H3/t4-,5+,6?/m0/s1. The van der Waals surface area contributed by atoms with E-state index in [0.717, 1.165) is 0 Å². The highest BCUT2D eigenvalue weighted by Crippen LogP contribution is 2.26. The quantitative estimate of drug-likeness (QED) is 0.460. The Morgan fingerprint density at radius 2 is 2.31 bits per heavy atom. The minimum atomic E-state index is -0.291. The van der Waals surface area contributed by atoms with E-state index in [9.17, 15) is 0 Å². The zero-order valence-electron chi connectivity index (χ0n) is 7.30. The van der Waals surface area contributed by atoms with E-state index < -0.39 is 0 Å². The van der Waals surface area contributed by atoms with Gasteiger partial charge in [0.05, 0.1) is 12.7 Å². The zero-order valence-corrected chi connectivity index (χ0v) is 10.4. The lowest BCUT2D eigenvalue weighted by Crippen LogP contribution is -2.42. The van der Waals surface area contributed by atoms with Crippen LogP contribution in [-0.4, -0.2) is 31.8 Å². The number of hydrogen-bond acceptors (Lipinski definition) is 5. The van der Waals surface area contributed by atoms with Gasteiger partial charge in [-0.15, -0.1) is 0 Å². The third kappa shape index (κ3) is 3.60. The van der Waals surface area contributed by atoms with Crippen LogP contribution in [0.5, 0.6) is 0 Å². The number of rotatable bonds is 4. The second-order valence-corrected chi connectivity index (χ2v) is 3.77. The van der Waals surface area contributed by atoms with Crippen LogP contribution in [0.2, 0.25) is 0 Å². The maximum atomic E-state index is 5.51. The van der Waals surface area contributed by atoms with Gasteiger partial charge in [-0.2, -0.15) is 0 Å². The Balaban J connectivity index is 2.42. The van der Waals surface area contributed by atoms with Gasteiger partial charge in [0.1, 0.15) is 6.10 Å². The van der Waals surface area contributed by atoms with Crippen LogP contribution in [0.4, 0.5) is 0 Å². The van der Waals surface area contributed by atoms with Crippen LogP contribution in [0.25, 0.3) is 0 Å². The highest BCUT2D eigenvalue weighted by atomic mass is 32.1. The first-order chi connectivity index (χ1) is 6.31. The summed E-state index contributed by atoms with van der Waals surface area (Å²) in [6.45, 7) is 2.45. The molecule has 0 radical (unpaired) electrons. The summed E-state index contributed by atoms with van der Waals surface area (Å²) >= 11 is 3.71. The van der Waals surface area contributed by atoms with Gasteiger partial charge in [-0.3, -0.25) is 4.18 Å². The molecular weight excluding hydrogens is 230 g/mol. The van der Waals surface area contributed by atoms with E-state index in [-0.39, 0.29) is 18.5 Å². The van der Waals surface area contributed by atoms with E-state index >= 15 is 0 Å². The Morgan fingerprint density at radius 3 is 2.85 bits per heavy atom. The molecule has 0 N–H and O–H groups in total. The van der Waals surface area contributed by atoms with Gasteiger partial charge in [0.25, 0.3) is 0 Å². The van der Waals surface area contributed by atoms with Gasteiger partial charge < -0.3 is 13.8 Å². The predicted octanol–water partition coefficient (Wildman–Crippen LogP) is 1.38. The molecule has 1 fully saturated rings. The Bertz CT molecular complexity index is 151. The van der Waals surface area contributed by atoms with Crippen LogP contribution in [0, 0.1) is 0 Å². The van der Waals surface area contributed by atoms with Crippen molar-refractivity contribution in [1.82, 2.24) is 0 Å². The Hall–Kier alpha value is 1.05. The molecule has 0 bridgehead atoms. The molecule has 1 heterocycles. The molecule has 1 aliphatic rings. The van der Waals surface area contributed by atoms with Crippen molar-refractivity contribution < 1.29 is 18.0 Å². The molecule has 0 aliphatic carbocycles. The lowest BCUT2D eigenvalue weighted by Gasteiger charge is -2.33. The molecule has 1 aliphatic heterocycles. The van der Waals surface area contributed by atoms with Crippen molar-refractivity contribution in [3.05, 3.63) is 0 Å². The van der Waals surface area contributed by atoms with Gasteiger partial charge in [-0.25, -0.2) is 0 Å². The van der Waals surface area contributed by atoms with Gasteiger partial charge in [-0.1, -0.05) is 0 Å². The molecule has 0 aromatic heterocycles. The number of hydrogen-bond donors (Lipinski definition) is 1. The second kappa shape index (κ2) is 6.52. The average molecular weight is 244 g/mol. The zero-order chi connectivity index (χ0) is 9.68. The molecule has 4 nitrogen and oxygen atoms in total. The monoisotopic (exact) mass is 244 g/mol. The van der Waals surface area contributed by atoms with Gasteiger partial charge in [0.2, 0.25) is 0 Å². The summed E-state index contributed by atoms with van der Waals surface area (Å²) in [5.41, 5.74) is 0. The fourth-order valence-corrected chi connectivity index (χ4v) is 2.15. The molecule has 7 heteroatoms. The fourth-order valence-electron chi connectivity index (χ4n) is 1.19. The molecule has 78 valence electrons. The van der Waals surface area contributed by atoms with E-state index in [1.165, 1.54) is 0 Å². The molecule has 0 aromatic rings. The molecule has 1 saturated heterocycles. The first-order valence-electron chi connectivity index (χ1n) is 3.91. The van der Waals surface area contributed by atoms with E-state index in [4.69, 9.17) is 18.0 Å². The molecule has 13 heavy (non-hydrogen) atoms. The predicted molar refractivity (Wildman–Crippen MR) is 58.1 cm³/mol. The van der Waals surface area contributed by atoms with Gasteiger partial charge in [0, 0.05) is 24.7 Å². The summed E-state index contributed by atoms with van der Waals surface area (Å²) in [5.74, 6) is 0. The van der Waals surface area contributed by atoms with Gasteiger partial charge >= 0.3 is 0 Å². The molecule has 1 rings (SSSR count). The number of thiol groups is 1. The lowest BCUT2D eigenvalue weighted by atomic mass is 10.1. The SMILES string of the molecule is CPO[C@H]1CC(OS)OC[C@H]1OP. The minimum Gasteiger partial charge on any atom is -0.357 e. The highest BCUT2D eigenvalue weighted by Gasteiger charge is 2.32. The van der Waals surface area contributed by atoms with Crippen LogP contribution >= 0.6 is 31.2 Å². The summed E-state index contributed by atoms with van der Waals surface area (Å²) in [5, 5.41) is 0. The molecule has 3 unspecified atom stereocenters. The van der Waals surface area contributed by atoms with E-state index in [1.807, 2.05) is 6.66 Å². The normalized spacial score (nSPS) is 35.8. The maximum Gasteiger partial charge on any atom is 0.172 e. The first-order valence-corrected chi connectivity index (χ1v) is 6.16. The van der Waals surface area contributed by atoms with Crippen molar-refractivity contribution in [2.45, 2.75) is 24.9 Å². The van der Waals surface area contributed by atoms with E-state index in [1.54, 1.807) is 0 Å². The van der Waals surface area contributed by atoms with Crippen LogP contribution in [-0.2, 0) is 18.0 Å². The maximum absolute atomic E-state index is 5.51. The highest BCUT2D eigenvalue weighted by molar-refractivity contribution is 7.75. The van der Waals surface area contributed by atoms with Crippen molar-refractivity contribution >= 4 is 31.2 Å². The van der Waals surface area contributed by atoms with Crippen molar-refractivity contribution in [1.29, 1.82) is 0 Å². The van der Waals surface area contributed by atoms with E-state index in [0.29, 0.717) is 21.8 Å². The summed E-state index contributed by atoms with van der Waals surface area (Å²) in [6, 6.07) is 0. The molecule has 5 atom stereocenters. The third-order valence-corrected chi connectivity index (χ3v) is 2.97. The van der Waals surface area contributed by atoms with E-state index in [2.05, 4.69) is 22.4 Å². The van der Waals surface area contributed by atoms with Crippen LogP contribution in [0.1, 0.15) is 6.42 Å². The smallest absolute Gasteiger partial charge is 0.172 e. The van der Waals surface area contributed by atoms with Crippen LogP contribution < -0.4 is 0 Å². The minimum absolute atomic E-state index is 0.0304. The fraction of sp³-hybridized carbons (Fsp3) is 1.00. The van der Waals surface area contributed by atoms with Crippen LogP contribution in [0.15, 0.2) is 0 Å². The molecule has 0 amide bonds. The summed E-state index contributed by atoms with van der Waals surface area (Å²) in [7, 11) is 2.67. The topological polar surface area (TPSA) is 36.9 Å². The Morgan fingerprint density at radius 1 is 1.54 bits per heavy atom. The third-order valence-electron chi connectivity index (χ3n) is 1.85. The average Bonchev–Trinajstić information content (AvgIpc) is 2.18. The summed E-state index contributed by atoms with van der Waals surface area (Å²) < 4.78 is 20.7. The van der Waals surface area contributed by atoms with Crippen molar-refractivity contribution in [3.8, 4) is 0 Å². The lowest BCUT2D eigenvalue weighted by molar-refractivity contribution is -0.159. The first kappa shape index (κ1) is 12.1. The van der Waals surface area contributed by atoms with Crippen molar-refractivity contribution in [3.63, 3.8) is 0 Å². The van der Waals surface area contributed by atoms with Crippen LogP contribution in [0.3, 0.4) is 0 Å². The molecular formula is C6H14O4P2S. The molecule has 0 aromatic carbocycles. The van der Waals surface area contributed by atoms with Gasteiger partial charge in [0.15, 0.2) is 6.29 Å². The largest absolute Gasteiger partial charge is 0.357 e.